The first kappa shape index (κ1) is 13.7. The lowest BCUT2D eigenvalue weighted by atomic mass is 9.98. The van der Waals surface area contributed by atoms with Gasteiger partial charge in [-0.1, -0.05) is 46.3 Å². The van der Waals surface area contributed by atoms with Crippen molar-refractivity contribution in [1.29, 1.82) is 0 Å². The van der Waals surface area contributed by atoms with Gasteiger partial charge in [-0.25, -0.2) is 0 Å². The van der Waals surface area contributed by atoms with E-state index in [1.165, 1.54) is 5.56 Å². The van der Waals surface area contributed by atoms with E-state index in [0.29, 0.717) is 6.61 Å². The van der Waals surface area contributed by atoms with Gasteiger partial charge in [0.15, 0.2) is 0 Å². The third-order valence-corrected chi connectivity index (χ3v) is 3.62. The van der Waals surface area contributed by atoms with Crippen LogP contribution in [0.15, 0.2) is 30.3 Å². The number of methoxy groups -OCH3 is 1. The third-order valence-electron chi connectivity index (χ3n) is 2.55. The van der Waals surface area contributed by atoms with Crippen molar-refractivity contribution in [1.82, 2.24) is 0 Å². The molecule has 0 N–H and O–H groups in total. The van der Waals surface area contributed by atoms with Crippen LogP contribution in [0.5, 0.6) is 0 Å². The maximum atomic E-state index is 5.94. The lowest BCUT2D eigenvalue weighted by molar-refractivity contribution is -0.0241. The quantitative estimate of drug-likeness (QED) is 0.565. The predicted octanol–water partition coefficient (Wildman–Crippen LogP) is 3.35. The summed E-state index contributed by atoms with van der Waals surface area (Å²) >= 11 is 3.52. The van der Waals surface area contributed by atoms with Gasteiger partial charge < -0.3 is 9.47 Å². The van der Waals surface area contributed by atoms with E-state index in [0.717, 1.165) is 18.4 Å². The summed E-state index contributed by atoms with van der Waals surface area (Å²) in [5, 5.41) is 0.789. The largest absolute Gasteiger partial charge is 0.385 e. The second-order valence-electron chi connectivity index (χ2n) is 3.93. The summed E-state index contributed by atoms with van der Waals surface area (Å²) in [5.41, 5.74) is 0.943. The van der Waals surface area contributed by atoms with Gasteiger partial charge in [-0.3, -0.25) is 0 Å². The van der Waals surface area contributed by atoms with Gasteiger partial charge >= 0.3 is 0 Å². The van der Waals surface area contributed by atoms with Crippen molar-refractivity contribution in [2.24, 2.45) is 0 Å². The summed E-state index contributed by atoms with van der Waals surface area (Å²) < 4.78 is 10.9. The molecule has 3 heteroatoms. The first-order valence-corrected chi connectivity index (χ1v) is 6.59. The Kier molecular flexibility index (Phi) is 6.03. The van der Waals surface area contributed by atoms with Crippen molar-refractivity contribution in [3.05, 3.63) is 35.9 Å². The Morgan fingerprint density at radius 2 is 1.88 bits per heavy atom. The molecule has 1 atom stereocenters. The van der Waals surface area contributed by atoms with Crippen LogP contribution in [0.4, 0.5) is 0 Å². The van der Waals surface area contributed by atoms with Crippen LogP contribution in [0.25, 0.3) is 0 Å². The van der Waals surface area contributed by atoms with Crippen LogP contribution >= 0.6 is 15.9 Å². The maximum absolute atomic E-state index is 5.94. The zero-order chi connectivity index (χ0) is 11.9. The third kappa shape index (κ3) is 3.89. The molecule has 0 aromatic heterocycles. The van der Waals surface area contributed by atoms with Crippen molar-refractivity contribution >= 4 is 15.9 Å². The van der Waals surface area contributed by atoms with Crippen molar-refractivity contribution in [3.8, 4) is 0 Å². The van der Waals surface area contributed by atoms with Crippen LogP contribution in [0, 0.1) is 0 Å². The Hall–Kier alpha value is -0.380. The zero-order valence-electron chi connectivity index (χ0n) is 9.91. The molecule has 90 valence electrons. The molecule has 1 unspecified atom stereocenters. The fourth-order valence-electron chi connectivity index (χ4n) is 1.49. The Morgan fingerprint density at radius 3 is 2.44 bits per heavy atom. The van der Waals surface area contributed by atoms with E-state index >= 15 is 0 Å². The Labute approximate surface area is 106 Å². The van der Waals surface area contributed by atoms with E-state index in [1.54, 1.807) is 7.11 Å². The lowest BCUT2D eigenvalue weighted by Crippen LogP contribution is -2.28. The maximum Gasteiger partial charge on any atom is 0.0999 e. The highest BCUT2D eigenvalue weighted by Crippen LogP contribution is 2.27. The van der Waals surface area contributed by atoms with E-state index in [9.17, 15) is 0 Å². The summed E-state index contributed by atoms with van der Waals surface area (Å²) in [4.78, 5) is 0. The highest BCUT2D eigenvalue weighted by molar-refractivity contribution is 9.09. The van der Waals surface area contributed by atoms with E-state index in [2.05, 4.69) is 35.0 Å². The first-order valence-electron chi connectivity index (χ1n) is 5.47. The molecule has 0 saturated heterocycles. The SMILES string of the molecule is COCCCOC(C)(CBr)c1ccccc1. The minimum atomic E-state index is -0.255. The second kappa shape index (κ2) is 7.05. The topological polar surface area (TPSA) is 18.5 Å². The van der Waals surface area contributed by atoms with Gasteiger partial charge in [0, 0.05) is 25.7 Å². The minimum absolute atomic E-state index is 0.255. The smallest absolute Gasteiger partial charge is 0.0999 e. The monoisotopic (exact) mass is 286 g/mol. The molecule has 0 fully saturated rings. The van der Waals surface area contributed by atoms with Gasteiger partial charge in [-0.2, -0.15) is 0 Å². The second-order valence-corrected chi connectivity index (χ2v) is 4.49. The molecule has 0 aliphatic rings. The summed E-state index contributed by atoms with van der Waals surface area (Å²) in [7, 11) is 1.71. The van der Waals surface area contributed by atoms with Crippen LogP contribution in [0.2, 0.25) is 0 Å². The molecule has 0 aliphatic heterocycles. The van der Waals surface area contributed by atoms with Gasteiger partial charge in [-0.05, 0) is 18.9 Å². The van der Waals surface area contributed by atoms with Gasteiger partial charge in [0.1, 0.15) is 0 Å². The highest BCUT2D eigenvalue weighted by Gasteiger charge is 2.25. The van der Waals surface area contributed by atoms with Crippen LogP contribution in [-0.2, 0) is 15.1 Å². The van der Waals surface area contributed by atoms with Crippen molar-refractivity contribution in [3.63, 3.8) is 0 Å². The minimum Gasteiger partial charge on any atom is -0.385 e. The van der Waals surface area contributed by atoms with E-state index in [1.807, 2.05) is 18.2 Å². The van der Waals surface area contributed by atoms with Crippen molar-refractivity contribution in [2.45, 2.75) is 18.9 Å². The average molecular weight is 287 g/mol. The van der Waals surface area contributed by atoms with Gasteiger partial charge in [-0.15, -0.1) is 0 Å². The van der Waals surface area contributed by atoms with Crippen LogP contribution in [0.1, 0.15) is 18.9 Å². The molecule has 0 aliphatic carbocycles. The Bertz CT molecular complexity index is 289. The molecular formula is C13H19BrO2. The summed E-state index contributed by atoms with van der Waals surface area (Å²) in [6.45, 7) is 3.56. The zero-order valence-corrected chi connectivity index (χ0v) is 11.5. The lowest BCUT2D eigenvalue weighted by Gasteiger charge is -2.28. The van der Waals surface area contributed by atoms with Crippen LogP contribution < -0.4 is 0 Å². The molecule has 0 saturated carbocycles. The molecule has 2 nitrogen and oxygen atoms in total. The number of hydrogen-bond acceptors (Lipinski definition) is 2. The van der Waals surface area contributed by atoms with E-state index in [4.69, 9.17) is 9.47 Å². The normalized spacial score (nSPS) is 14.7. The molecule has 1 rings (SSSR count). The number of halogens is 1. The number of ether oxygens (including phenoxy) is 2. The van der Waals surface area contributed by atoms with Gasteiger partial charge in [0.25, 0.3) is 0 Å². The van der Waals surface area contributed by atoms with Crippen LogP contribution in [0.3, 0.4) is 0 Å². The molecule has 16 heavy (non-hydrogen) atoms. The summed E-state index contributed by atoms with van der Waals surface area (Å²) in [6.07, 6.45) is 0.923. The molecular weight excluding hydrogens is 268 g/mol. The van der Waals surface area contributed by atoms with Crippen molar-refractivity contribution < 1.29 is 9.47 Å². The number of rotatable bonds is 7. The van der Waals surface area contributed by atoms with Crippen molar-refractivity contribution in [2.75, 3.05) is 25.7 Å². The van der Waals surface area contributed by atoms with Crippen LogP contribution in [-0.4, -0.2) is 25.7 Å². The first-order chi connectivity index (χ1) is 7.73. The number of alkyl halides is 1. The molecule has 0 bridgehead atoms. The Morgan fingerprint density at radius 1 is 1.19 bits per heavy atom. The molecule has 1 aromatic carbocycles. The molecule has 0 spiro atoms. The van der Waals surface area contributed by atoms with E-state index in [-0.39, 0.29) is 5.60 Å². The van der Waals surface area contributed by atoms with Gasteiger partial charge in [0.05, 0.1) is 5.60 Å². The fourth-order valence-corrected chi connectivity index (χ4v) is 1.98. The Balaban J connectivity index is 2.56. The molecule has 1 aromatic rings. The number of benzene rings is 1. The summed E-state index contributed by atoms with van der Waals surface area (Å²) in [5.74, 6) is 0. The van der Waals surface area contributed by atoms with E-state index < -0.39 is 0 Å². The highest BCUT2D eigenvalue weighted by atomic mass is 79.9. The molecule has 0 radical (unpaired) electrons. The summed E-state index contributed by atoms with van der Waals surface area (Å²) in [6, 6.07) is 10.3. The van der Waals surface area contributed by atoms with Gasteiger partial charge in [0.2, 0.25) is 0 Å². The molecule has 0 heterocycles. The average Bonchev–Trinajstić information content (AvgIpc) is 2.35. The standard InChI is InChI=1S/C13H19BrO2/c1-13(11-14,16-10-6-9-15-2)12-7-4-3-5-8-12/h3-5,7-8H,6,9-11H2,1-2H3. The molecule has 0 amide bonds. The number of hydrogen-bond donors (Lipinski definition) is 0. The predicted molar refractivity (Wildman–Crippen MR) is 70.0 cm³/mol. The fraction of sp³-hybridized carbons (Fsp3) is 0.538.